The van der Waals surface area contributed by atoms with Crippen LogP contribution in [0.1, 0.15) is 0 Å². The zero-order chi connectivity index (χ0) is 9.26. The highest BCUT2D eigenvalue weighted by molar-refractivity contribution is 5.82. The van der Waals surface area contributed by atoms with Gasteiger partial charge in [0, 0.05) is 5.39 Å². The smallest absolute Gasteiger partial charge is 0.119 e. The second-order valence-corrected chi connectivity index (χ2v) is 2.83. The van der Waals surface area contributed by atoms with E-state index in [2.05, 4.69) is 4.98 Å². The summed E-state index contributed by atoms with van der Waals surface area (Å²) in [5.74, 6) is 0.819. The predicted octanol–water partition coefficient (Wildman–Crippen LogP) is 1.83. The Morgan fingerprint density at radius 3 is 2.92 bits per heavy atom. The molecule has 0 aliphatic heterocycles. The third-order valence-electron chi connectivity index (χ3n) is 1.91. The standard InChI is InChI=1S/C10H10N2O/c1-13-9-2-3-10-7(5-9)4-8(11)6-12-10/h2-6H,11H2,1H3. The number of fused-ring (bicyclic) bond motifs is 1. The first-order chi connectivity index (χ1) is 6.29. The van der Waals surface area contributed by atoms with E-state index in [-0.39, 0.29) is 0 Å². The SMILES string of the molecule is COc1ccc2ncc(N)cc2c1. The summed E-state index contributed by atoms with van der Waals surface area (Å²) in [7, 11) is 1.64. The number of benzene rings is 1. The summed E-state index contributed by atoms with van der Waals surface area (Å²) in [6, 6.07) is 7.59. The number of hydrogen-bond donors (Lipinski definition) is 1. The Morgan fingerprint density at radius 2 is 2.15 bits per heavy atom. The maximum Gasteiger partial charge on any atom is 0.119 e. The van der Waals surface area contributed by atoms with Gasteiger partial charge >= 0.3 is 0 Å². The second kappa shape index (κ2) is 2.94. The predicted molar refractivity (Wildman–Crippen MR) is 52.7 cm³/mol. The van der Waals surface area contributed by atoms with E-state index in [1.165, 1.54) is 0 Å². The first kappa shape index (κ1) is 7.86. The van der Waals surface area contributed by atoms with Crippen LogP contribution in [0.3, 0.4) is 0 Å². The van der Waals surface area contributed by atoms with E-state index in [9.17, 15) is 0 Å². The molecule has 0 fully saturated rings. The lowest BCUT2D eigenvalue weighted by molar-refractivity contribution is 0.415. The van der Waals surface area contributed by atoms with Crippen LogP contribution in [0, 0.1) is 0 Å². The number of methoxy groups -OCH3 is 1. The van der Waals surface area contributed by atoms with Crippen LogP contribution in [0.15, 0.2) is 30.5 Å². The number of ether oxygens (including phenoxy) is 1. The van der Waals surface area contributed by atoms with Gasteiger partial charge in [-0.15, -0.1) is 0 Å². The molecule has 0 saturated heterocycles. The molecule has 66 valence electrons. The fourth-order valence-corrected chi connectivity index (χ4v) is 1.25. The minimum atomic E-state index is 0.667. The molecule has 1 heterocycles. The molecular formula is C10H10N2O. The van der Waals surface area contributed by atoms with Gasteiger partial charge in [0.2, 0.25) is 0 Å². The molecule has 0 atom stereocenters. The Kier molecular flexibility index (Phi) is 1.77. The molecule has 2 N–H and O–H groups in total. The fraction of sp³-hybridized carbons (Fsp3) is 0.100. The third-order valence-corrected chi connectivity index (χ3v) is 1.91. The molecule has 0 amide bonds. The lowest BCUT2D eigenvalue weighted by Gasteiger charge is -2.01. The van der Waals surface area contributed by atoms with Gasteiger partial charge in [0.05, 0.1) is 24.5 Å². The van der Waals surface area contributed by atoms with Crippen molar-refractivity contribution in [3.05, 3.63) is 30.5 Å². The number of nitrogens with zero attached hydrogens (tertiary/aromatic N) is 1. The molecule has 0 radical (unpaired) electrons. The van der Waals surface area contributed by atoms with Gasteiger partial charge in [-0.1, -0.05) is 0 Å². The monoisotopic (exact) mass is 174 g/mol. The molecule has 3 heteroatoms. The van der Waals surface area contributed by atoms with Crippen molar-refractivity contribution in [2.75, 3.05) is 12.8 Å². The molecule has 2 rings (SSSR count). The van der Waals surface area contributed by atoms with Crippen molar-refractivity contribution in [1.29, 1.82) is 0 Å². The van der Waals surface area contributed by atoms with E-state index in [1.54, 1.807) is 13.3 Å². The van der Waals surface area contributed by atoms with E-state index >= 15 is 0 Å². The van der Waals surface area contributed by atoms with Gasteiger partial charge < -0.3 is 10.5 Å². The Morgan fingerprint density at radius 1 is 1.31 bits per heavy atom. The van der Waals surface area contributed by atoms with E-state index in [4.69, 9.17) is 10.5 Å². The van der Waals surface area contributed by atoms with Gasteiger partial charge in [-0.05, 0) is 24.3 Å². The normalized spacial score (nSPS) is 10.2. The molecule has 1 aromatic carbocycles. The summed E-state index contributed by atoms with van der Waals surface area (Å²) >= 11 is 0. The van der Waals surface area contributed by atoms with Crippen LogP contribution in [0.5, 0.6) is 5.75 Å². The largest absolute Gasteiger partial charge is 0.497 e. The maximum absolute atomic E-state index is 5.61. The van der Waals surface area contributed by atoms with Crippen LogP contribution >= 0.6 is 0 Å². The summed E-state index contributed by atoms with van der Waals surface area (Å²) in [4.78, 5) is 4.18. The van der Waals surface area contributed by atoms with Crippen molar-refractivity contribution in [3.8, 4) is 5.75 Å². The van der Waals surface area contributed by atoms with E-state index < -0.39 is 0 Å². The van der Waals surface area contributed by atoms with Crippen molar-refractivity contribution < 1.29 is 4.74 Å². The van der Waals surface area contributed by atoms with Gasteiger partial charge in [-0.3, -0.25) is 4.98 Å². The highest BCUT2D eigenvalue weighted by atomic mass is 16.5. The lowest BCUT2D eigenvalue weighted by atomic mass is 10.2. The van der Waals surface area contributed by atoms with Crippen molar-refractivity contribution in [1.82, 2.24) is 4.98 Å². The topological polar surface area (TPSA) is 48.1 Å². The van der Waals surface area contributed by atoms with Gasteiger partial charge in [-0.2, -0.15) is 0 Å². The summed E-state index contributed by atoms with van der Waals surface area (Å²) in [6.07, 6.45) is 1.65. The first-order valence-electron chi connectivity index (χ1n) is 3.99. The number of anilines is 1. The first-order valence-corrected chi connectivity index (χ1v) is 3.99. The van der Waals surface area contributed by atoms with E-state index in [0.717, 1.165) is 16.7 Å². The summed E-state index contributed by atoms with van der Waals surface area (Å²) < 4.78 is 5.09. The van der Waals surface area contributed by atoms with Gasteiger partial charge in [0.15, 0.2) is 0 Å². The zero-order valence-corrected chi connectivity index (χ0v) is 7.32. The molecule has 3 nitrogen and oxygen atoms in total. The number of pyridine rings is 1. The molecule has 0 unspecified atom stereocenters. The highest BCUT2D eigenvalue weighted by Crippen LogP contribution is 2.20. The minimum absolute atomic E-state index is 0.667. The molecule has 0 spiro atoms. The number of aromatic nitrogens is 1. The third kappa shape index (κ3) is 1.40. The number of hydrogen-bond acceptors (Lipinski definition) is 3. The van der Waals surface area contributed by atoms with E-state index in [0.29, 0.717) is 5.69 Å². The summed E-state index contributed by atoms with van der Waals surface area (Å²) in [6.45, 7) is 0. The Hall–Kier alpha value is -1.77. The lowest BCUT2D eigenvalue weighted by Crippen LogP contribution is -1.88. The molecule has 13 heavy (non-hydrogen) atoms. The quantitative estimate of drug-likeness (QED) is 0.717. The van der Waals surface area contributed by atoms with Gasteiger partial charge in [-0.25, -0.2) is 0 Å². The van der Waals surface area contributed by atoms with Crippen LogP contribution in [0.4, 0.5) is 5.69 Å². The van der Waals surface area contributed by atoms with Crippen LogP contribution in [-0.2, 0) is 0 Å². The Balaban J connectivity index is 2.68. The number of nitrogens with two attached hydrogens (primary N) is 1. The molecule has 1 aromatic heterocycles. The molecule has 0 saturated carbocycles. The van der Waals surface area contributed by atoms with Crippen molar-refractivity contribution in [2.45, 2.75) is 0 Å². The van der Waals surface area contributed by atoms with Crippen LogP contribution in [-0.4, -0.2) is 12.1 Å². The molecular weight excluding hydrogens is 164 g/mol. The maximum atomic E-state index is 5.61. The molecule has 0 aliphatic carbocycles. The average molecular weight is 174 g/mol. The van der Waals surface area contributed by atoms with Crippen molar-refractivity contribution in [3.63, 3.8) is 0 Å². The zero-order valence-electron chi connectivity index (χ0n) is 7.32. The number of nitrogen functional groups attached to an aromatic ring is 1. The summed E-state index contributed by atoms with van der Waals surface area (Å²) in [5.41, 5.74) is 7.21. The molecule has 2 aromatic rings. The van der Waals surface area contributed by atoms with Crippen molar-refractivity contribution >= 4 is 16.6 Å². The molecule has 0 bridgehead atoms. The molecule has 0 aliphatic rings. The highest BCUT2D eigenvalue weighted by Gasteiger charge is 1.97. The fourth-order valence-electron chi connectivity index (χ4n) is 1.25. The Bertz CT molecular complexity index is 440. The second-order valence-electron chi connectivity index (χ2n) is 2.83. The number of rotatable bonds is 1. The summed E-state index contributed by atoms with van der Waals surface area (Å²) in [5, 5.41) is 0.999. The van der Waals surface area contributed by atoms with Gasteiger partial charge in [0.1, 0.15) is 5.75 Å². The van der Waals surface area contributed by atoms with Crippen LogP contribution < -0.4 is 10.5 Å². The van der Waals surface area contributed by atoms with Crippen LogP contribution in [0.2, 0.25) is 0 Å². The Labute approximate surface area is 76.2 Å². The van der Waals surface area contributed by atoms with Crippen molar-refractivity contribution in [2.24, 2.45) is 0 Å². The van der Waals surface area contributed by atoms with Crippen LogP contribution in [0.25, 0.3) is 10.9 Å². The minimum Gasteiger partial charge on any atom is -0.497 e. The van der Waals surface area contributed by atoms with E-state index in [1.807, 2.05) is 24.3 Å². The van der Waals surface area contributed by atoms with Gasteiger partial charge in [0.25, 0.3) is 0 Å². The average Bonchev–Trinajstić information content (AvgIpc) is 2.16.